The number of hydrogen-bond donors (Lipinski definition) is 2. The standard InChI is InChI=1S/C19H13Cl2F3N4O/c1-9-16(18(29)26-11-3-2-4-11)17(10-5-6-12(20)13(21)7-10)28-15(25-9)8-14(27-28)19(22,23)24/h2-8,17,25H,1H3,(H,26,29). The molecule has 5 nitrogen and oxygen atoms in total. The average Bonchev–Trinajstić information content (AvgIpc) is 3.03. The Bertz CT molecular complexity index is 1120. The number of nitrogens with zero attached hydrogens (tertiary/aromatic N) is 2. The Balaban J connectivity index is 1.85. The van der Waals surface area contributed by atoms with Crippen molar-refractivity contribution in [2.45, 2.75) is 19.1 Å². The van der Waals surface area contributed by atoms with Crippen LogP contribution in [0, 0.1) is 0 Å². The van der Waals surface area contributed by atoms with Crippen molar-refractivity contribution in [3.63, 3.8) is 0 Å². The molecule has 29 heavy (non-hydrogen) atoms. The number of benzene rings is 1. The summed E-state index contributed by atoms with van der Waals surface area (Å²) >= 11 is 12.1. The van der Waals surface area contributed by atoms with Gasteiger partial charge in [0.2, 0.25) is 0 Å². The molecule has 0 radical (unpaired) electrons. The molecular weight excluding hydrogens is 428 g/mol. The predicted molar refractivity (Wildman–Crippen MR) is 104 cm³/mol. The molecule has 150 valence electrons. The van der Waals surface area contributed by atoms with Crippen molar-refractivity contribution < 1.29 is 18.0 Å². The van der Waals surface area contributed by atoms with Crippen molar-refractivity contribution >= 4 is 34.9 Å². The molecule has 1 aromatic carbocycles. The summed E-state index contributed by atoms with van der Waals surface area (Å²) in [6.45, 7) is 1.62. The van der Waals surface area contributed by atoms with E-state index in [4.69, 9.17) is 23.2 Å². The molecule has 1 aliphatic heterocycles. The third-order valence-electron chi connectivity index (χ3n) is 4.58. The SMILES string of the molecule is CC1=C(C(=O)NC2=CC=C2)C(c2ccc(Cl)c(Cl)c2)n2nc(C(F)(F)F)cc2N1. The normalized spacial score (nSPS) is 18.0. The monoisotopic (exact) mass is 440 g/mol. The van der Waals surface area contributed by atoms with Gasteiger partial charge >= 0.3 is 6.18 Å². The number of allylic oxidation sites excluding steroid dienone is 4. The molecule has 2 heterocycles. The molecule has 4 rings (SSSR count). The topological polar surface area (TPSA) is 59.0 Å². The summed E-state index contributed by atoms with van der Waals surface area (Å²) in [5.74, 6) is -0.346. The van der Waals surface area contributed by atoms with Crippen LogP contribution in [0.4, 0.5) is 19.0 Å². The summed E-state index contributed by atoms with van der Waals surface area (Å²) < 4.78 is 40.9. The van der Waals surface area contributed by atoms with E-state index in [0.29, 0.717) is 17.0 Å². The summed E-state index contributed by atoms with van der Waals surface area (Å²) in [5, 5.41) is 9.80. The lowest BCUT2D eigenvalue weighted by Gasteiger charge is -2.30. The zero-order valence-corrected chi connectivity index (χ0v) is 16.3. The maximum atomic E-state index is 13.2. The Labute approximate surface area is 173 Å². The molecule has 10 heteroatoms. The summed E-state index contributed by atoms with van der Waals surface area (Å²) in [5.41, 5.74) is 0.633. The fourth-order valence-corrected chi connectivity index (χ4v) is 3.48. The highest BCUT2D eigenvalue weighted by Gasteiger charge is 2.39. The second-order valence-corrected chi connectivity index (χ2v) is 7.35. The lowest BCUT2D eigenvalue weighted by atomic mass is 9.94. The van der Waals surface area contributed by atoms with E-state index in [2.05, 4.69) is 15.7 Å². The van der Waals surface area contributed by atoms with Gasteiger partial charge < -0.3 is 10.6 Å². The van der Waals surface area contributed by atoms with Gasteiger partial charge in [-0.25, -0.2) is 4.68 Å². The first-order chi connectivity index (χ1) is 13.6. The first-order valence-corrected chi connectivity index (χ1v) is 9.20. The van der Waals surface area contributed by atoms with Gasteiger partial charge in [0.1, 0.15) is 11.9 Å². The van der Waals surface area contributed by atoms with Gasteiger partial charge in [0.25, 0.3) is 5.91 Å². The third-order valence-corrected chi connectivity index (χ3v) is 5.32. The van der Waals surface area contributed by atoms with Crippen molar-refractivity contribution in [1.82, 2.24) is 15.1 Å². The number of aromatic nitrogens is 2. The minimum absolute atomic E-state index is 0.116. The van der Waals surface area contributed by atoms with Crippen LogP contribution in [-0.4, -0.2) is 15.7 Å². The van der Waals surface area contributed by atoms with Crippen LogP contribution in [-0.2, 0) is 11.0 Å². The summed E-state index contributed by atoms with van der Waals surface area (Å²) in [7, 11) is 0. The molecule has 1 amide bonds. The Morgan fingerprint density at radius 2 is 1.97 bits per heavy atom. The van der Waals surface area contributed by atoms with Crippen molar-refractivity contribution in [1.29, 1.82) is 0 Å². The molecule has 1 aromatic heterocycles. The number of nitrogens with one attached hydrogen (secondary N) is 2. The lowest BCUT2D eigenvalue weighted by Crippen LogP contribution is -2.35. The van der Waals surface area contributed by atoms with Crippen LogP contribution in [0.1, 0.15) is 24.2 Å². The molecular formula is C19H13Cl2F3N4O. The van der Waals surface area contributed by atoms with Gasteiger partial charge in [0, 0.05) is 17.5 Å². The van der Waals surface area contributed by atoms with Crippen LogP contribution in [0.2, 0.25) is 10.0 Å². The largest absolute Gasteiger partial charge is 0.435 e. The van der Waals surface area contributed by atoms with Gasteiger partial charge in [0.05, 0.1) is 15.6 Å². The van der Waals surface area contributed by atoms with E-state index in [1.807, 2.05) is 0 Å². The Kier molecular flexibility index (Phi) is 4.71. The van der Waals surface area contributed by atoms with Crippen LogP contribution in [0.15, 0.2) is 59.5 Å². The Morgan fingerprint density at radius 1 is 1.24 bits per heavy atom. The van der Waals surface area contributed by atoms with Gasteiger partial charge in [-0.05, 0) is 36.8 Å². The molecule has 0 fully saturated rings. The van der Waals surface area contributed by atoms with Crippen LogP contribution >= 0.6 is 23.2 Å². The van der Waals surface area contributed by atoms with E-state index < -0.39 is 23.8 Å². The molecule has 2 aromatic rings. The van der Waals surface area contributed by atoms with Crippen LogP contribution in [0.25, 0.3) is 0 Å². The lowest BCUT2D eigenvalue weighted by molar-refractivity contribution is -0.141. The highest BCUT2D eigenvalue weighted by atomic mass is 35.5. The smallest absolute Gasteiger partial charge is 0.344 e. The number of hydrogen-bond acceptors (Lipinski definition) is 3. The highest BCUT2D eigenvalue weighted by molar-refractivity contribution is 6.42. The summed E-state index contributed by atoms with van der Waals surface area (Å²) in [6.07, 6.45) is 0.540. The number of carbonyl (C=O) groups excluding carboxylic acids is 1. The summed E-state index contributed by atoms with van der Waals surface area (Å²) in [4.78, 5) is 13.0. The minimum Gasteiger partial charge on any atom is -0.344 e. The molecule has 2 aliphatic rings. The zero-order chi connectivity index (χ0) is 20.9. The number of rotatable bonds is 3. The van der Waals surface area contributed by atoms with Crippen LogP contribution in [0.3, 0.4) is 0 Å². The first kappa shape index (κ1) is 19.6. The van der Waals surface area contributed by atoms with E-state index in [-0.39, 0.29) is 21.4 Å². The van der Waals surface area contributed by atoms with Gasteiger partial charge in [-0.1, -0.05) is 35.3 Å². The van der Waals surface area contributed by atoms with Crippen molar-refractivity contribution in [2.24, 2.45) is 0 Å². The van der Waals surface area contributed by atoms with Gasteiger partial charge in [0.15, 0.2) is 5.69 Å². The number of carbonyl (C=O) groups is 1. The minimum atomic E-state index is -4.63. The van der Waals surface area contributed by atoms with E-state index in [1.165, 1.54) is 12.1 Å². The zero-order valence-electron chi connectivity index (χ0n) is 14.8. The molecule has 0 bridgehead atoms. The van der Waals surface area contributed by atoms with E-state index in [1.54, 1.807) is 31.2 Å². The molecule has 1 aliphatic carbocycles. The number of amides is 1. The van der Waals surface area contributed by atoms with Crippen molar-refractivity contribution in [2.75, 3.05) is 5.32 Å². The van der Waals surface area contributed by atoms with Gasteiger partial charge in [-0.3, -0.25) is 4.79 Å². The van der Waals surface area contributed by atoms with Gasteiger partial charge in [-0.2, -0.15) is 18.3 Å². The second kappa shape index (κ2) is 6.96. The van der Waals surface area contributed by atoms with E-state index >= 15 is 0 Å². The summed E-state index contributed by atoms with van der Waals surface area (Å²) in [6, 6.07) is 4.62. The van der Waals surface area contributed by atoms with E-state index in [9.17, 15) is 18.0 Å². The predicted octanol–water partition coefficient (Wildman–Crippen LogP) is 5.07. The molecule has 2 N–H and O–H groups in total. The highest BCUT2D eigenvalue weighted by Crippen LogP contribution is 2.40. The number of alkyl halides is 3. The van der Waals surface area contributed by atoms with Crippen LogP contribution < -0.4 is 10.6 Å². The van der Waals surface area contributed by atoms with Crippen molar-refractivity contribution in [3.8, 4) is 0 Å². The average molecular weight is 441 g/mol. The molecule has 0 saturated heterocycles. The molecule has 1 atom stereocenters. The Hall–Kier alpha value is -2.71. The van der Waals surface area contributed by atoms with Crippen LogP contribution in [0.5, 0.6) is 0 Å². The maximum absolute atomic E-state index is 13.2. The fourth-order valence-electron chi connectivity index (χ4n) is 3.17. The number of fused-ring (bicyclic) bond motifs is 1. The third kappa shape index (κ3) is 3.54. The van der Waals surface area contributed by atoms with Crippen molar-refractivity contribution in [3.05, 3.63) is 80.8 Å². The molecule has 0 saturated carbocycles. The molecule has 1 unspecified atom stereocenters. The maximum Gasteiger partial charge on any atom is 0.435 e. The van der Waals surface area contributed by atoms with E-state index in [0.717, 1.165) is 10.7 Å². The fraction of sp³-hybridized carbons (Fsp3) is 0.158. The number of halogens is 5. The number of anilines is 1. The second-order valence-electron chi connectivity index (χ2n) is 6.53. The Morgan fingerprint density at radius 3 is 2.55 bits per heavy atom. The molecule has 0 spiro atoms. The quantitative estimate of drug-likeness (QED) is 0.700. The van der Waals surface area contributed by atoms with Gasteiger partial charge in [-0.15, -0.1) is 0 Å². The first-order valence-electron chi connectivity index (χ1n) is 8.44.